The van der Waals surface area contributed by atoms with Gasteiger partial charge in [0.1, 0.15) is 0 Å². The summed E-state index contributed by atoms with van der Waals surface area (Å²) in [6.45, 7) is 4.81. The summed E-state index contributed by atoms with van der Waals surface area (Å²) in [6, 6.07) is 14.5. The van der Waals surface area contributed by atoms with Crippen molar-refractivity contribution in [2.75, 3.05) is 13.2 Å². The van der Waals surface area contributed by atoms with Gasteiger partial charge in [-0.3, -0.25) is 4.79 Å². The summed E-state index contributed by atoms with van der Waals surface area (Å²) in [6.07, 6.45) is 1.13. The fourth-order valence-electron chi connectivity index (χ4n) is 3.97. The van der Waals surface area contributed by atoms with Gasteiger partial charge in [-0.15, -0.1) is 0 Å². The topological polar surface area (TPSA) is 84.5 Å². The van der Waals surface area contributed by atoms with E-state index in [1.54, 1.807) is 32.0 Å². The molecule has 1 aliphatic heterocycles. The fraction of sp³-hybridized carbons (Fsp3) is 0.435. The first-order valence-corrected chi connectivity index (χ1v) is 12.4. The number of rotatable bonds is 8. The summed E-state index contributed by atoms with van der Waals surface area (Å²) < 4.78 is 32.9. The van der Waals surface area contributed by atoms with E-state index in [0.717, 1.165) is 11.1 Å². The molecule has 1 aliphatic rings. The zero-order valence-corrected chi connectivity index (χ0v) is 19.4. The third-order valence-corrected chi connectivity index (χ3v) is 7.23. The van der Waals surface area contributed by atoms with E-state index < -0.39 is 15.4 Å². The molecule has 3 rings (SSSR count). The van der Waals surface area contributed by atoms with Gasteiger partial charge in [-0.05, 0) is 55.5 Å². The molecule has 2 N–H and O–H groups in total. The third-order valence-electron chi connectivity index (χ3n) is 5.48. The number of sulfonamides is 1. The van der Waals surface area contributed by atoms with Gasteiger partial charge in [-0.2, -0.15) is 0 Å². The maximum atomic E-state index is 13.4. The van der Waals surface area contributed by atoms with Crippen molar-refractivity contribution in [1.82, 2.24) is 10.0 Å². The SMILES string of the molecule is CC(C)NS(=O)(=O)Cc1ccccc1CNC(=O)C1(c2cccc(Cl)c2)CCOCC1. The highest BCUT2D eigenvalue weighted by Gasteiger charge is 2.41. The van der Waals surface area contributed by atoms with Crippen molar-refractivity contribution in [1.29, 1.82) is 0 Å². The van der Waals surface area contributed by atoms with Crippen LogP contribution in [0.2, 0.25) is 5.02 Å². The number of carbonyl (C=O) groups excluding carboxylic acids is 1. The number of halogens is 1. The molecular weight excluding hydrogens is 436 g/mol. The summed E-state index contributed by atoms with van der Waals surface area (Å²) in [5.41, 5.74) is 1.60. The molecule has 1 heterocycles. The minimum atomic E-state index is -3.47. The van der Waals surface area contributed by atoms with Crippen molar-refractivity contribution < 1.29 is 17.9 Å². The van der Waals surface area contributed by atoms with E-state index in [9.17, 15) is 13.2 Å². The predicted octanol–water partition coefficient (Wildman–Crippen LogP) is 3.53. The molecule has 2 aromatic carbocycles. The van der Waals surface area contributed by atoms with Gasteiger partial charge in [0.2, 0.25) is 15.9 Å². The molecule has 31 heavy (non-hydrogen) atoms. The highest BCUT2D eigenvalue weighted by Crippen LogP contribution is 2.36. The number of amides is 1. The molecule has 0 saturated carbocycles. The number of ether oxygens (including phenoxy) is 1. The van der Waals surface area contributed by atoms with E-state index in [1.807, 2.05) is 30.3 Å². The number of hydrogen-bond donors (Lipinski definition) is 2. The smallest absolute Gasteiger partial charge is 0.231 e. The van der Waals surface area contributed by atoms with E-state index in [-0.39, 0.29) is 24.2 Å². The van der Waals surface area contributed by atoms with Crippen LogP contribution in [0.4, 0.5) is 0 Å². The van der Waals surface area contributed by atoms with Gasteiger partial charge in [-0.25, -0.2) is 13.1 Å². The van der Waals surface area contributed by atoms with Crippen molar-refractivity contribution in [2.24, 2.45) is 0 Å². The Morgan fingerprint density at radius 2 is 1.77 bits per heavy atom. The van der Waals surface area contributed by atoms with Crippen LogP contribution in [0.3, 0.4) is 0 Å². The largest absolute Gasteiger partial charge is 0.381 e. The lowest BCUT2D eigenvalue weighted by Gasteiger charge is -2.36. The van der Waals surface area contributed by atoms with E-state index in [1.165, 1.54) is 0 Å². The maximum Gasteiger partial charge on any atom is 0.231 e. The van der Waals surface area contributed by atoms with Crippen LogP contribution in [0, 0.1) is 0 Å². The first-order valence-electron chi connectivity index (χ1n) is 10.4. The zero-order valence-electron chi connectivity index (χ0n) is 17.9. The second-order valence-electron chi connectivity index (χ2n) is 8.19. The van der Waals surface area contributed by atoms with Crippen molar-refractivity contribution in [2.45, 2.75) is 50.4 Å². The lowest BCUT2D eigenvalue weighted by atomic mass is 9.73. The molecule has 0 aromatic heterocycles. The van der Waals surface area contributed by atoms with Crippen LogP contribution in [-0.2, 0) is 37.3 Å². The highest BCUT2D eigenvalue weighted by molar-refractivity contribution is 7.88. The molecule has 0 bridgehead atoms. The number of carbonyl (C=O) groups is 1. The summed E-state index contributed by atoms with van der Waals surface area (Å²) in [5, 5.41) is 3.63. The van der Waals surface area contributed by atoms with Crippen LogP contribution in [0.1, 0.15) is 43.4 Å². The van der Waals surface area contributed by atoms with Gasteiger partial charge in [0, 0.05) is 30.8 Å². The van der Waals surface area contributed by atoms with E-state index >= 15 is 0 Å². The predicted molar refractivity (Wildman–Crippen MR) is 122 cm³/mol. The van der Waals surface area contributed by atoms with E-state index in [2.05, 4.69) is 10.0 Å². The zero-order chi connectivity index (χ0) is 22.5. The van der Waals surface area contributed by atoms with Crippen molar-refractivity contribution in [3.8, 4) is 0 Å². The van der Waals surface area contributed by atoms with Gasteiger partial charge in [0.15, 0.2) is 0 Å². The average Bonchev–Trinajstić information content (AvgIpc) is 2.72. The fourth-order valence-corrected chi connectivity index (χ4v) is 5.66. The Morgan fingerprint density at radius 3 is 2.42 bits per heavy atom. The Kier molecular flexibility index (Phi) is 7.75. The molecule has 1 saturated heterocycles. The summed E-state index contributed by atoms with van der Waals surface area (Å²) in [7, 11) is -3.47. The van der Waals surface area contributed by atoms with Gasteiger partial charge in [-0.1, -0.05) is 48.0 Å². The molecule has 0 atom stereocenters. The summed E-state index contributed by atoms with van der Waals surface area (Å²) >= 11 is 6.20. The van der Waals surface area contributed by atoms with Crippen LogP contribution >= 0.6 is 11.6 Å². The standard InChI is InChI=1S/C23H29ClN2O4S/c1-17(2)26-31(28,29)16-19-7-4-3-6-18(19)15-25-22(27)23(10-12-30-13-11-23)20-8-5-9-21(24)14-20/h3-9,14,17,26H,10-13,15-16H2,1-2H3,(H,25,27). The third kappa shape index (κ3) is 6.07. The van der Waals surface area contributed by atoms with Crippen molar-refractivity contribution in [3.05, 3.63) is 70.2 Å². The first-order chi connectivity index (χ1) is 14.7. The van der Waals surface area contributed by atoms with Crippen LogP contribution in [-0.4, -0.2) is 33.6 Å². The minimum absolute atomic E-state index is 0.101. The first kappa shape index (κ1) is 23.7. The normalized spacial score (nSPS) is 16.3. The molecule has 0 radical (unpaired) electrons. The highest BCUT2D eigenvalue weighted by atomic mass is 35.5. The van der Waals surface area contributed by atoms with Gasteiger partial charge < -0.3 is 10.1 Å². The Morgan fingerprint density at radius 1 is 1.10 bits per heavy atom. The molecule has 0 spiro atoms. The second kappa shape index (κ2) is 10.1. The molecule has 0 unspecified atom stereocenters. The number of hydrogen-bond acceptors (Lipinski definition) is 4. The number of nitrogens with one attached hydrogen (secondary N) is 2. The quantitative estimate of drug-likeness (QED) is 0.625. The molecule has 168 valence electrons. The molecular formula is C23H29ClN2O4S. The average molecular weight is 465 g/mol. The lowest BCUT2D eigenvalue weighted by Crippen LogP contribution is -2.47. The molecule has 1 amide bonds. The number of benzene rings is 2. The molecule has 1 fully saturated rings. The minimum Gasteiger partial charge on any atom is -0.381 e. The summed E-state index contributed by atoms with van der Waals surface area (Å²) in [4.78, 5) is 13.4. The Hall–Kier alpha value is -1.93. The van der Waals surface area contributed by atoms with E-state index in [4.69, 9.17) is 16.3 Å². The van der Waals surface area contributed by atoms with Gasteiger partial charge >= 0.3 is 0 Å². The Bertz CT molecular complexity index is 1020. The van der Waals surface area contributed by atoms with Crippen LogP contribution in [0.5, 0.6) is 0 Å². The van der Waals surface area contributed by atoms with E-state index in [0.29, 0.717) is 36.6 Å². The van der Waals surface area contributed by atoms with Crippen molar-refractivity contribution >= 4 is 27.5 Å². The summed E-state index contributed by atoms with van der Waals surface area (Å²) in [5.74, 6) is -0.235. The lowest BCUT2D eigenvalue weighted by molar-refractivity contribution is -0.130. The molecule has 0 aliphatic carbocycles. The van der Waals surface area contributed by atoms with Crippen LogP contribution in [0.15, 0.2) is 48.5 Å². The Labute approximate surface area is 189 Å². The van der Waals surface area contributed by atoms with Gasteiger partial charge in [0.25, 0.3) is 0 Å². The van der Waals surface area contributed by atoms with Crippen LogP contribution < -0.4 is 10.0 Å². The van der Waals surface area contributed by atoms with Crippen LogP contribution in [0.25, 0.3) is 0 Å². The van der Waals surface area contributed by atoms with Crippen molar-refractivity contribution in [3.63, 3.8) is 0 Å². The Balaban J connectivity index is 1.79. The molecule has 2 aromatic rings. The second-order valence-corrected chi connectivity index (χ2v) is 10.4. The molecule has 8 heteroatoms. The van der Waals surface area contributed by atoms with Gasteiger partial charge in [0.05, 0.1) is 11.2 Å². The maximum absolute atomic E-state index is 13.4. The molecule has 6 nitrogen and oxygen atoms in total. The monoisotopic (exact) mass is 464 g/mol.